The number of hydrogen-bond acceptors (Lipinski definition) is 4. The van der Waals surface area contributed by atoms with E-state index in [0.717, 1.165) is 61.0 Å². The summed E-state index contributed by atoms with van der Waals surface area (Å²) in [6.45, 7) is 0. The molecule has 4 aromatic heterocycles. The Bertz CT molecular complexity index is 3450. The van der Waals surface area contributed by atoms with E-state index in [4.69, 9.17) is 19.4 Å². The third-order valence-corrected chi connectivity index (χ3v) is 11.2. The number of fused-ring (bicyclic) bond motifs is 10. The Kier molecular flexibility index (Phi) is 6.83. The minimum absolute atomic E-state index is 0.587. The topological polar surface area (TPSA) is 61.7 Å². The van der Waals surface area contributed by atoms with Crippen LogP contribution in [0.15, 0.2) is 192 Å². The number of aromatic nitrogens is 5. The fraction of sp³-hybridized carbons (Fsp3) is 0. The number of hydrogen-bond donors (Lipinski definition) is 0. The van der Waals surface area contributed by atoms with Gasteiger partial charge in [-0.3, -0.25) is 0 Å². The lowest BCUT2D eigenvalue weighted by atomic mass is 10.1. The largest absolute Gasteiger partial charge is 0.456 e. The molecule has 6 heteroatoms. The molecular formula is C51H31N5O. The number of benzene rings is 8. The summed E-state index contributed by atoms with van der Waals surface area (Å²) in [4.78, 5) is 14.9. The van der Waals surface area contributed by atoms with E-state index in [1.807, 2.05) is 60.7 Å². The van der Waals surface area contributed by atoms with Crippen LogP contribution in [0, 0.1) is 0 Å². The van der Waals surface area contributed by atoms with E-state index in [1.165, 1.54) is 32.6 Å². The van der Waals surface area contributed by atoms with Gasteiger partial charge in [0.1, 0.15) is 11.2 Å². The van der Waals surface area contributed by atoms with Gasteiger partial charge in [0.2, 0.25) is 0 Å². The van der Waals surface area contributed by atoms with Crippen molar-refractivity contribution in [1.29, 1.82) is 0 Å². The van der Waals surface area contributed by atoms with Gasteiger partial charge >= 0.3 is 0 Å². The Morgan fingerprint density at radius 1 is 0.351 bits per heavy atom. The summed E-state index contributed by atoms with van der Waals surface area (Å²) in [7, 11) is 0. The van der Waals surface area contributed by atoms with Gasteiger partial charge in [-0.2, -0.15) is 0 Å². The first kappa shape index (κ1) is 31.5. The molecule has 0 saturated heterocycles. The standard InChI is InChI=1S/C51H31N5O/c1-4-15-32(16-5-1)49-52-50(33-17-6-2-7-18-33)54-51(53-49)34-27-28-40-45(31-34)57-44-26-14-25-43(46(40)44)56-42-24-13-11-22-37(42)39-30-29-38-36-21-10-12-23-41(36)55(47(38)48(39)56)35-19-8-3-9-20-35/h1-31H. The molecule has 266 valence electrons. The molecule has 0 fully saturated rings. The highest BCUT2D eigenvalue weighted by atomic mass is 16.3. The molecule has 0 unspecified atom stereocenters. The van der Waals surface area contributed by atoms with Crippen LogP contribution >= 0.6 is 0 Å². The van der Waals surface area contributed by atoms with Gasteiger partial charge in [0.05, 0.1) is 33.1 Å². The van der Waals surface area contributed by atoms with E-state index < -0.39 is 0 Å². The zero-order valence-electron chi connectivity index (χ0n) is 30.5. The van der Waals surface area contributed by atoms with Crippen LogP contribution in [-0.4, -0.2) is 24.1 Å². The van der Waals surface area contributed by atoms with Gasteiger partial charge in [-0.05, 0) is 48.5 Å². The van der Waals surface area contributed by atoms with Gasteiger partial charge in [-0.1, -0.05) is 140 Å². The molecule has 0 spiro atoms. The van der Waals surface area contributed by atoms with Crippen LogP contribution in [0.1, 0.15) is 0 Å². The van der Waals surface area contributed by atoms with E-state index >= 15 is 0 Å². The lowest BCUT2D eigenvalue weighted by Gasteiger charge is -2.13. The van der Waals surface area contributed by atoms with Crippen molar-refractivity contribution in [3.8, 4) is 45.5 Å². The second kappa shape index (κ2) is 12.3. The van der Waals surface area contributed by atoms with Crippen molar-refractivity contribution in [2.75, 3.05) is 0 Å². The molecule has 0 N–H and O–H groups in total. The highest BCUT2D eigenvalue weighted by Crippen LogP contribution is 2.44. The summed E-state index contributed by atoms with van der Waals surface area (Å²) < 4.78 is 11.6. The maximum atomic E-state index is 6.75. The van der Waals surface area contributed by atoms with Crippen molar-refractivity contribution in [2.24, 2.45) is 0 Å². The molecular weight excluding hydrogens is 699 g/mol. The number of para-hydroxylation sites is 3. The van der Waals surface area contributed by atoms with E-state index in [0.29, 0.717) is 17.5 Å². The molecule has 12 rings (SSSR count). The van der Waals surface area contributed by atoms with Crippen LogP contribution in [0.4, 0.5) is 0 Å². The van der Waals surface area contributed by atoms with Crippen LogP contribution in [0.25, 0.3) is 111 Å². The highest BCUT2D eigenvalue weighted by Gasteiger charge is 2.23. The first-order chi connectivity index (χ1) is 28.3. The van der Waals surface area contributed by atoms with E-state index in [1.54, 1.807) is 0 Å². The Labute approximate surface area is 326 Å². The lowest BCUT2D eigenvalue weighted by molar-refractivity contribution is 0.669. The first-order valence-corrected chi connectivity index (χ1v) is 19.1. The normalized spacial score (nSPS) is 11.9. The molecule has 0 bridgehead atoms. The predicted molar refractivity (Wildman–Crippen MR) is 232 cm³/mol. The van der Waals surface area contributed by atoms with Crippen molar-refractivity contribution in [1.82, 2.24) is 24.1 Å². The maximum Gasteiger partial charge on any atom is 0.164 e. The monoisotopic (exact) mass is 729 g/mol. The molecule has 4 heterocycles. The van der Waals surface area contributed by atoms with Gasteiger partial charge < -0.3 is 13.6 Å². The Hall–Kier alpha value is -7.83. The predicted octanol–water partition coefficient (Wildman–Crippen LogP) is 13.0. The molecule has 0 amide bonds. The van der Waals surface area contributed by atoms with Crippen LogP contribution in [0.2, 0.25) is 0 Å². The van der Waals surface area contributed by atoms with Crippen molar-refractivity contribution < 1.29 is 4.42 Å². The average Bonchev–Trinajstić information content (AvgIpc) is 3.95. The summed E-state index contributed by atoms with van der Waals surface area (Å²) in [6.07, 6.45) is 0. The Morgan fingerprint density at radius 3 is 1.49 bits per heavy atom. The summed E-state index contributed by atoms with van der Waals surface area (Å²) >= 11 is 0. The van der Waals surface area contributed by atoms with Crippen molar-refractivity contribution >= 4 is 65.6 Å². The zero-order valence-corrected chi connectivity index (χ0v) is 30.5. The maximum absolute atomic E-state index is 6.75. The molecule has 0 saturated carbocycles. The third-order valence-electron chi connectivity index (χ3n) is 11.2. The second-order valence-corrected chi connectivity index (χ2v) is 14.4. The van der Waals surface area contributed by atoms with Crippen LogP contribution in [-0.2, 0) is 0 Å². The fourth-order valence-electron chi connectivity index (χ4n) is 8.67. The van der Waals surface area contributed by atoms with Crippen LogP contribution in [0.5, 0.6) is 0 Å². The van der Waals surface area contributed by atoms with Gasteiger partial charge in [-0.15, -0.1) is 0 Å². The fourth-order valence-corrected chi connectivity index (χ4v) is 8.67. The molecule has 12 aromatic rings. The van der Waals surface area contributed by atoms with Gasteiger partial charge in [0.15, 0.2) is 17.5 Å². The Balaban J connectivity index is 1.12. The van der Waals surface area contributed by atoms with E-state index in [2.05, 4.69) is 137 Å². The van der Waals surface area contributed by atoms with Gasteiger partial charge in [0, 0.05) is 49.3 Å². The van der Waals surface area contributed by atoms with E-state index in [-0.39, 0.29) is 0 Å². The Morgan fingerprint density at radius 2 is 0.860 bits per heavy atom. The summed E-state index contributed by atoms with van der Waals surface area (Å²) in [6, 6.07) is 65.5. The number of nitrogens with zero attached hydrogens (tertiary/aromatic N) is 5. The minimum atomic E-state index is 0.587. The third kappa shape index (κ3) is 4.81. The molecule has 8 aromatic carbocycles. The quantitative estimate of drug-likeness (QED) is 0.177. The molecule has 0 aliphatic heterocycles. The van der Waals surface area contributed by atoms with Gasteiger partial charge in [-0.25, -0.2) is 15.0 Å². The molecule has 0 atom stereocenters. The summed E-state index contributed by atoms with van der Waals surface area (Å²) in [5.74, 6) is 1.83. The number of furan rings is 1. The first-order valence-electron chi connectivity index (χ1n) is 19.1. The number of rotatable bonds is 5. The van der Waals surface area contributed by atoms with Crippen LogP contribution < -0.4 is 0 Å². The molecule has 0 radical (unpaired) electrons. The lowest BCUT2D eigenvalue weighted by Crippen LogP contribution is -2.00. The summed E-state index contributed by atoms with van der Waals surface area (Å²) in [5.41, 5.74) is 11.1. The molecule has 6 nitrogen and oxygen atoms in total. The van der Waals surface area contributed by atoms with Crippen molar-refractivity contribution in [3.63, 3.8) is 0 Å². The van der Waals surface area contributed by atoms with Crippen LogP contribution in [0.3, 0.4) is 0 Å². The van der Waals surface area contributed by atoms with Crippen molar-refractivity contribution in [2.45, 2.75) is 0 Å². The average molecular weight is 730 g/mol. The smallest absolute Gasteiger partial charge is 0.164 e. The molecule has 57 heavy (non-hydrogen) atoms. The SMILES string of the molecule is c1ccc(-c2nc(-c3ccccc3)nc(-c3ccc4c(c3)oc3cccc(-n5c6ccccc6c6ccc7c8ccccc8n(-c8ccccc8)c7c65)c34)n2)cc1. The zero-order chi connectivity index (χ0) is 37.5. The molecule has 0 aliphatic carbocycles. The van der Waals surface area contributed by atoms with E-state index in [9.17, 15) is 0 Å². The second-order valence-electron chi connectivity index (χ2n) is 14.4. The van der Waals surface area contributed by atoms with Gasteiger partial charge in [0.25, 0.3) is 0 Å². The van der Waals surface area contributed by atoms with Crippen molar-refractivity contribution in [3.05, 3.63) is 188 Å². The molecule has 0 aliphatic rings. The highest BCUT2D eigenvalue weighted by molar-refractivity contribution is 6.24. The minimum Gasteiger partial charge on any atom is -0.456 e. The summed E-state index contributed by atoms with van der Waals surface area (Å²) in [5, 5.41) is 6.90.